The highest BCUT2D eigenvalue weighted by Gasteiger charge is 2.34. The lowest BCUT2D eigenvalue weighted by Gasteiger charge is -2.36. The van der Waals surface area contributed by atoms with Gasteiger partial charge in [-0.25, -0.2) is 4.79 Å². The third-order valence-electron chi connectivity index (χ3n) is 6.36. The molecule has 7 heteroatoms. The third-order valence-corrected chi connectivity index (χ3v) is 6.36. The van der Waals surface area contributed by atoms with Crippen molar-refractivity contribution < 1.29 is 19.0 Å². The van der Waals surface area contributed by atoms with E-state index in [1.807, 2.05) is 35.2 Å². The molecule has 7 nitrogen and oxygen atoms in total. The van der Waals surface area contributed by atoms with E-state index in [0.717, 1.165) is 28.9 Å². The molecule has 4 aromatic rings. The highest BCUT2D eigenvalue weighted by atomic mass is 16.5. The molecule has 2 amide bonds. The first-order valence-electron chi connectivity index (χ1n) is 11.2. The van der Waals surface area contributed by atoms with Gasteiger partial charge in [-0.15, -0.1) is 0 Å². The van der Waals surface area contributed by atoms with Crippen LogP contribution in [0.15, 0.2) is 66.7 Å². The van der Waals surface area contributed by atoms with Crippen LogP contribution in [0.3, 0.4) is 0 Å². The number of carbonyl (C=O) groups excluding carboxylic acids is 1. The van der Waals surface area contributed by atoms with Gasteiger partial charge in [0.25, 0.3) is 0 Å². The average Bonchev–Trinajstić information content (AvgIpc) is 3.26. The zero-order valence-corrected chi connectivity index (χ0v) is 19.4. The lowest BCUT2D eigenvalue weighted by Crippen LogP contribution is -2.43. The molecule has 174 valence electrons. The van der Waals surface area contributed by atoms with Crippen LogP contribution in [0.4, 0.5) is 10.5 Å². The van der Waals surface area contributed by atoms with Crippen molar-refractivity contribution in [1.82, 2.24) is 9.88 Å². The van der Waals surface area contributed by atoms with E-state index in [-0.39, 0.29) is 12.1 Å². The van der Waals surface area contributed by atoms with Crippen molar-refractivity contribution in [3.05, 3.63) is 83.6 Å². The molecule has 1 aromatic heterocycles. The number of rotatable bonds is 5. The number of methoxy groups -OCH3 is 3. The average molecular weight is 458 g/mol. The number of aromatic nitrogens is 1. The summed E-state index contributed by atoms with van der Waals surface area (Å²) in [7, 11) is 4.81. The predicted octanol–water partition coefficient (Wildman–Crippen LogP) is 5.37. The summed E-state index contributed by atoms with van der Waals surface area (Å²) in [4.78, 5) is 19.0. The first kappa shape index (κ1) is 21.7. The number of hydrogen-bond donors (Lipinski definition) is 2. The van der Waals surface area contributed by atoms with Crippen molar-refractivity contribution in [2.24, 2.45) is 0 Å². The molecule has 0 aliphatic carbocycles. The van der Waals surface area contributed by atoms with Crippen LogP contribution in [0.2, 0.25) is 0 Å². The second-order valence-corrected chi connectivity index (χ2v) is 8.18. The Balaban J connectivity index is 1.53. The van der Waals surface area contributed by atoms with Gasteiger partial charge in [0.1, 0.15) is 5.75 Å². The number of nitrogens with zero attached hydrogens (tertiary/aromatic N) is 1. The lowest BCUT2D eigenvalue weighted by molar-refractivity contribution is 0.193. The Labute approximate surface area is 198 Å². The van der Waals surface area contributed by atoms with Crippen LogP contribution in [0.25, 0.3) is 10.9 Å². The molecule has 0 saturated heterocycles. The molecule has 1 aliphatic heterocycles. The summed E-state index contributed by atoms with van der Waals surface area (Å²) in [5.74, 6) is 1.94. The molecule has 5 rings (SSSR count). The van der Waals surface area contributed by atoms with Gasteiger partial charge in [-0.1, -0.05) is 30.3 Å². The zero-order chi connectivity index (χ0) is 23.7. The largest absolute Gasteiger partial charge is 0.497 e. The predicted molar refractivity (Wildman–Crippen MR) is 132 cm³/mol. The molecule has 0 fully saturated rings. The topological polar surface area (TPSA) is 75.8 Å². The molecular formula is C27H27N3O4. The Morgan fingerprint density at radius 3 is 2.44 bits per heavy atom. The van der Waals surface area contributed by atoms with E-state index in [1.165, 1.54) is 10.9 Å². The van der Waals surface area contributed by atoms with Crippen molar-refractivity contribution in [3.63, 3.8) is 0 Å². The minimum atomic E-state index is -0.262. The van der Waals surface area contributed by atoms with E-state index in [4.69, 9.17) is 14.2 Å². The fourth-order valence-corrected chi connectivity index (χ4v) is 4.70. The van der Waals surface area contributed by atoms with Gasteiger partial charge in [0.15, 0.2) is 11.5 Å². The molecule has 1 aliphatic rings. The number of amides is 2. The van der Waals surface area contributed by atoms with Crippen molar-refractivity contribution in [1.29, 1.82) is 0 Å². The van der Waals surface area contributed by atoms with Crippen LogP contribution >= 0.6 is 0 Å². The summed E-state index contributed by atoms with van der Waals surface area (Å²) in [5, 5.41) is 4.24. The van der Waals surface area contributed by atoms with E-state index in [1.54, 1.807) is 39.5 Å². The highest BCUT2D eigenvalue weighted by Crippen LogP contribution is 2.39. The van der Waals surface area contributed by atoms with Gasteiger partial charge in [0.2, 0.25) is 0 Å². The summed E-state index contributed by atoms with van der Waals surface area (Å²) in [6.45, 7) is 0.588. The SMILES string of the molecule is COc1ccc(C2c3[nH]c4ccccc4c3CCN2C(=O)Nc2ccc(OC)c(OC)c2)cc1. The minimum Gasteiger partial charge on any atom is -0.497 e. The van der Waals surface area contributed by atoms with E-state index in [2.05, 4.69) is 28.5 Å². The Morgan fingerprint density at radius 1 is 0.941 bits per heavy atom. The maximum atomic E-state index is 13.6. The molecule has 3 aromatic carbocycles. The summed E-state index contributed by atoms with van der Waals surface area (Å²) < 4.78 is 16.0. The number of para-hydroxylation sites is 1. The van der Waals surface area contributed by atoms with E-state index in [9.17, 15) is 4.79 Å². The van der Waals surface area contributed by atoms with Crippen molar-refractivity contribution in [2.45, 2.75) is 12.5 Å². The lowest BCUT2D eigenvalue weighted by atomic mass is 9.92. The molecule has 2 N–H and O–H groups in total. The number of nitrogens with one attached hydrogen (secondary N) is 2. The minimum absolute atomic E-state index is 0.183. The number of benzene rings is 3. The Bertz CT molecular complexity index is 1330. The Morgan fingerprint density at radius 2 is 1.71 bits per heavy atom. The standard InChI is InChI=1S/C27H27N3O4/c1-32-19-11-8-17(9-12-19)26-25-21(20-6-4-5-7-22(20)29-25)14-15-30(26)27(31)28-18-10-13-23(33-2)24(16-18)34-3/h4-13,16,26,29H,14-15H2,1-3H3,(H,28,31). The normalized spacial score (nSPS) is 15.0. The molecule has 2 heterocycles. The number of hydrogen-bond acceptors (Lipinski definition) is 4. The first-order valence-corrected chi connectivity index (χ1v) is 11.2. The van der Waals surface area contributed by atoms with Gasteiger partial charge >= 0.3 is 6.03 Å². The molecule has 1 atom stereocenters. The number of H-pyrrole nitrogens is 1. The summed E-state index contributed by atoms with van der Waals surface area (Å²) in [6, 6.07) is 21.1. The molecular weight excluding hydrogens is 430 g/mol. The van der Waals surface area contributed by atoms with Crippen LogP contribution in [0, 0.1) is 0 Å². The number of carbonyl (C=O) groups is 1. The molecule has 0 spiro atoms. The van der Waals surface area contributed by atoms with Gasteiger partial charge in [0, 0.05) is 34.9 Å². The second kappa shape index (κ2) is 9.02. The van der Waals surface area contributed by atoms with Crippen molar-refractivity contribution in [3.8, 4) is 17.2 Å². The molecule has 0 radical (unpaired) electrons. The van der Waals surface area contributed by atoms with E-state index >= 15 is 0 Å². The fourth-order valence-electron chi connectivity index (χ4n) is 4.70. The summed E-state index contributed by atoms with van der Waals surface area (Å²) >= 11 is 0. The fraction of sp³-hybridized carbons (Fsp3) is 0.222. The van der Waals surface area contributed by atoms with Crippen LogP contribution in [-0.4, -0.2) is 43.8 Å². The number of urea groups is 1. The smallest absolute Gasteiger partial charge is 0.322 e. The van der Waals surface area contributed by atoms with Crippen molar-refractivity contribution >= 4 is 22.6 Å². The van der Waals surface area contributed by atoms with Crippen molar-refractivity contribution in [2.75, 3.05) is 33.2 Å². The molecule has 34 heavy (non-hydrogen) atoms. The highest BCUT2D eigenvalue weighted by molar-refractivity contribution is 5.92. The van der Waals surface area contributed by atoms with Gasteiger partial charge < -0.3 is 29.4 Å². The third kappa shape index (κ3) is 3.79. The zero-order valence-electron chi connectivity index (χ0n) is 19.4. The van der Waals surface area contributed by atoms with Gasteiger partial charge in [-0.3, -0.25) is 0 Å². The number of aromatic amines is 1. The van der Waals surface area contributed by atoms with Crippen LogP contribution in [0.5, 0.6) is 17.2 Å². The van der Waals surface area contributed by atoms with E-state index in [0.29, 0.717) is 23.7 Å². The van der Waals surface area contributed by atoms with E-state index < -0.39 is 0 Å². The van der Waals surface area contributed by atoms with Gasteiger partial charge in [-0.05, 0) is 47.9 Å². The van der Waals surface area contributed by atoms with Crippen LogP contribution in [-0.2, 0) is 6.42 Å². The first-order chi connectivity index (χ1) is 16.6. The number of fused-ring (bicyclic) bond motifs is 3. The summed E-state index contributed by atoms with van der Waals surface area (Å²) in [5.41, 5.74) is 5.02. The maximum absolute atomic E-state index is 13.6. The van der Waals surface area contributed by atoms with Crippen LogP contribution in [0.1, 0.15) is 22.9 Å². The quantitative estimate of drug-likeness (QED) is 0.422. The van der Waals surface area contributed by atoms with Crippen LogP contribution < -0.4 is 19.5 Å². The molecule has 0 saturated carbocycles. The Kier molecular flexibility index (Phi) is 5.76. The van der Waals surface area contributed by atoms with Gasteiger partial charge in [0.05, 0.1) is 27.4 Å². The monoisotopic (exact) mass is 457 g/mol. The Hall–Kier alpha value is -4.13. The summed E-state index contributed by atoms with van der Waals surface area (Å²) in [6.07, 6.45) is 0.769. The number of ether oxygens (including phenoxy) is 3. The molecule has 1 unspecified atom stereocenters. The maximum Gasteiger partial charge on any atom is 0.322 e. The molecule has 0 bridgehead atoms. The second-order valence-electron chi connectivity index (χ2n) is 8.18. The number of anilines is 1. The van der Waals surface area contributed by atoms with Gasteiger partial charge in [-0.2, -0.15) is 0 Å².